The number of esters is 1. The third-order valence-corrected chi connectivity index (χ3v) is 2.84. The Kier molecular flexibility index (Phi) is 5.19. The second-order valence-electron chi connectivity index (χ2n) is 4.44. The first-order chi connectivity index (χ1) is 9.35. The minimum Gasteiger partial charge on any atom is -0.478 e. The van der Waals surface area contributed by atoms with E-state index in [0.717, 1.165) is 24.6 Å². The topological polar surface area (TPSA) is 107 Å². The minimum atomic E-state index is -1.29. The zero-order valence-corrected chi connectivity index (χ0v) is 11.2. The largest absolute Gasteiger partial charge is 0.478 e. The monoisotopic (exact) mass is 281 g/mol. The number of rotatable bonds is 6. The van der Waals surface area contributed by atoms with E-state index in [-0.39, 0.29) is 23.7 Å². The van der Waals surface area contributed by atoms with Crippen LogP contribution in [0.4, 0.5) is 5.69 Å². The summed E-state index contributed by atoms with van der Waals surface area (Å²) in [5.74, 6) is -2.00. The smallest absolute Gasteiger partial charge is 0.335 e. The molecule has 7 heteroatoms. The highest BCUT2D eigenvalue weighted by Gasteiger charge is 2.21. The number of carboxylic acid groups (broad SMARTS) is 1. The molecule has 0 amide bonds. The first-order valence-electron chi connectivity index (χ1n) is 6.07. The predicted octanol–water partition coefficient (Wildman–Crippen LogP) is 2.63. The molecule has 0 saturated carbocycles. The van der Waals surface area contributed by atoms with Gasteiger partial charge in [0.15, 0.2) is 0 Å². The molecule has 0 spiro atoms. The van der Waals surface area contributed by atoms with E-state index in [2.05, 4.69) is 0 Å². The lowest BCUT2D eigenvalue weighted by molar-refractivity contribution is -0.385. The van der Waals surface area contributed by atoms with Crippen LogP contribution in [-0.2, 0) is 4.79 Å². The number of aromatic carboxylic acids is 1. The SMILES string of the molecule is CC[C@@H](C)CC(=O)Oc1ccc(C(=O)O)cc1[N+](=O)[O-]. The molecular weight excluding hydrogens is 266 g/mol. The average Bonchev–Trinajstić information content (AvgIpc) is 2.38. The van der Waals surface area contributed by atoms with Crippen LogP contribution in [0.5, 0.6) is 5.75 Å². The molecule has 0 radical (unpaired) electrons. The van der Waals surface area contributed by atoms with Gasteiger partial charge in [-0.2, -0.15) is 0 Å². The highest BCUT2D eigenvalue weighted by Crippen LogP contribution is 2.28. The third-order valence-electron chi connectivity index (χ3n) is 2.84. The van der Waals surface area contributed by atoms with Crippen molar-refractivity contribution in [3.05, 3.63) is 33.9 Å². The van der Waals surface area contributed by atoms with Gasteiger partial charge in [-0.15, -0.1) is 0 Å². The molecule has 1 aromatic carbocycles. The van der Waals surface area contributed by atoms with E-state index < -0.39 is 22.5 Å². The number of carboxylic acids is 1. The van der Waals surface area contributed by atoms with Gasteiger partial charge in [-0.1, -0.05) is 20.3 Å². The Bertz CT molecular complexity index is 540. The van der Waals surface area contributed by atoms with E-state index in [1.165, 1.54) is 0 Å². The maximum Gasteiger partial charge on any atom is 0.335 e. The number of carbonyl (C=O) groups is 2. The van der Waals surface area contributed by atoms with E-state index in [1.54, 1.807) is 0 Å². The van der Waals surface area contributed by atoms with E-state index >= 15 is 0 Å². The van der Waals surface area contributed by atoms with Crippen LogP contribution < -0.4 is 4.74 Å². The maximum absolute atomic E-state index is 11.6. The average molecular weight is 281 g/mol. The van der Waals surface area contributed by atoms with Crippen LogP contribution in [0.3, 0.4) is 0 Å². The summed E-state index contributed by atoms with van der Waals surface area (Å²) in [5.41, 5.74) is -0.777. The zero-order valence-electron chi connectivity index (χ0n) is 11.2. The molecule has 0 unspecified atom stereocenters. The van der Waals surface area contributed by atoms with Crippen molar-refractivity contribution in [3.63, 3.8) is 0 Å². The summed E-state index contributed by atoms with van der Waals surface area (Å²) in [6.07, 6.45) is 0.934. The molecule has 1 atom stereocenters. The van der Waals surface area contributed by atoms with Crippen molar-refractivity contribution < 1.29 is 24.4 Å². The molecule has 0 bridgehead atoms. The number of ether oxygens (including phenoxy) is 1. The Morgan fingerprint density at radius 1 is 1.45 bits per heavy atom. The van der Waals surface area contributed by atoms with Gasteiger partial charge in [0.25, 0.3) is 0 Å². The Balaban J connectivity index is 2.97. The molecule has 0 aliphatic rings. The molecule has 108 valence electrons. The van der Waals surface area contributed by atoms with Crippen molar-refractivity contribution in [2.45, 2.75) is 26.7 Å². The predicted molar refractivity (Wildman–Crippen MR) is 69.8 cm³/mol. The molecule has 1 aromatic rings. The first kappa shape index (κ1) is 15.6. The van der Waals surface area contributed by atoms with Gasteiger partial charge in [-0.3, -0.25) is 14.9 Å². The molecular formula is C13H15NO6. The number of nitro benzene ring substituents is 1. The van der Waals surface area contributed by atoms with Gasteiger partial charge in [0, 0.05) is 12.5 Å². The Morgan fingerprint density at radius 2 is 2.10 bits per heavy atom. The molecule has 0 heterocycles. The highest BCUT2D eigenvalue weighted by atomic mass is 16.6. The van der Waals surface area contributed by atoms with Gasteiger partial charge in [0.05, 0.1) is 10.5 Å². The van der Waals surface area contributed by atoms with Gasteiger partial charge in [-0.25, -0.2) is 4.79 Å². The second-order valence-corrected chi connectivity index (χ2v) is 4.44. The maximum atomic E-state index is 11.6. The van der Waals surface area contributed by atoms with Gasteiger partial charge < -0.3 is 9.84 Å². The lowest BCUT2D eigenvalue weighted by Crippen LogP contribution is -2.13. The van der Waals surface area contributed by atoms with Gasteiger partial charge in [0.2, 0.25) is 5.75 Å². The number of hydrogen-bond donors (Lipinski definition) is 1. The summed E-state index contributed by atoms with van der Waals surface area (Å²) >= 11 is 0. The lowest BCUT2D eigenvalue weighted by Gasteiger charge is -2.08. The van der Waals surface area contributed by atoms with E-state index in [9.17, 15) is 19.7 Å². The molecule has 0 aromatic heterocycles. The number of benzene rings is 1. The molecule has 7 nitrogen and oxygen atoms in total. The Hall–Kier alpha value is -2.44. The summed E-state index contributed by atoms with van der Waals surface area (Å²) in [6.45, 7) is 3.78. The number of carbonyl (C=O) groups excluding carboxylic acids is 1. The van der Waals surface area contributed by atoms with Crippen molar-refractivity contribution in [1.29, 1.82) is 0 Å². The number of hydrogen-bond acceptors (Lipinski definition) is 5. The first-order valence-corrected chi connectivity index (χ1v) is 6.07. The number of nitro groups is 1. The van der Waals surface area contributed by atoms with Crippen LogP contribution in [0.15, 0.2) is 18.2 Å². The zero-order chi connectivity index (χ0) is 15.3. The fourth-order valence-electron chi connectivity index (χ4n) is 1.47. The van der Waals surface area contributed by atoms with Crippen LogP contribution in [0.25, 0.3) is 0 Å². The fourth-order valence-corrected chi connectivity index (χ4v) is 1.47. The Labute approximate surface area is 115 Å². The third kappa shape index (κ3) is 4.04. The Morgan fingerprint density at radius 3 is 2.60 bits per heavy atom. The van der Waals surface area contributed by atoms with E-state index in [0.29, 0.717) is 0 Å². The quantitative estimate of drug-likeness (QED) is 0.372. The van der Waals surface area contributed by atoms with Gasteiger partial charge >= 0.3 is 17.6 Å². The summed E-state index contributed by atoms with van der Waals surface area (Å²) in [6, 6.07) is 3.14. The van der Waals surface area contributed by atoms with Gasteiger partial charge in [-0.05, 0) is 18.1 Å². The van der Waals surface area contributed by atoms with Crippen LogP contribution in [0.2, 0.25) is 0 Å². The van der Waals surface area contributed by atoms with Crippen LogP contribution in [-0.4, -0.2) is 22.0 Å². The minimum absolute atomic E-state index is 0.111. The summed E-state index contributed by atoms with van der Waals surface area (Å²) < 4.78 is 4.94. The van der Waals surface area contributed by atoms with Crippen LogP contribution >= 0.6 is 0 Å². The van der Waals surface area contributed by atoms with Crippen LogP contribution in [0.1, 0.15) is 37.0 Å². The van der Waals surface area contributed by atoms with Gasteiger partial charge in [0.1, 0.15) is 0 Å². The molecule has 1 N–H and O–H groups in total. The van der Waals surface area contributed by atoms with E-state index in [1.807, 2.05) is 13.8 Å². The highest BCUT2D eigenvalue weighted by molar-refractivity contribution is 5.89. The molecule has 20 heavy (non-hydrogen) atoms. The summed E-state index contributed by atoms with van der Waals surface area (Å²) in [7, 11) is 0. The molecule has 0 fully saturated rings. The molecule has 0 saturated heterocycles. The molecule has 0 aliphatic carbocycles. The summed E-state index contributed by atoms with van der Waals surface area (Å²) in [5, 5.41) is 19.7. The fraction of sp³-hybridized carbons (Fsp3) is 0.385. The molecule has 0 aliphatic heterocycles. The normalized spacial score (nSPS) is 11.7. The number of nitrogens with zero attached hydrogens (tertiary/aromatic N) is 1. The van der Waals surface area contributed by atoms with Crippen molar-refractivity contribution in [2.24, 2.45) is 5.92 Å². The summed E-state index contributed by atoms with van der Waals surface area (Å²) in [4.78, 5) is 32.5. The van der Waals surface area contributed by atoms with E-state index in [4.69, 9.17) is 9.84 Å². The van der Waals surface area contributed by atoms with Crippen molar-refractivity contribution in [3.8, 4) is 5.75 Å². The van der Waals surface area contributed by atoms with Crippen molar-refractivity contribution >= 4 is 17.6 Å². The second kappa shape index (κ2) is 6.65. The van der Waals surface area contributed by atoms with Crippen molar-refractivity contribution in [1.82, 2.24) is 0 Å². The molecule has 1 rings (SSSR count). The standard InChI is InChI=1S/C13H15NO6/c1-3-8(2)6-12(15)20-11-5-4-9(13(16)17)7-10(11)14(18)19/h4-5,7-8H,3,6H2,1-2H3,(H,16,17)/t8-/m1/s1. The van der Waals surface area contributed by atoms with Crippen LogP contribution in [0, 0.1) is 16.0 Å². The lowest BCUT2D eigenvalue weighted by atomic mass is 10.1. The van der Waals surface area contributed by atoms with Crippen molar-refractivity contribution in [2.75, 3.05) is 0 Å².